The summed E-state index contributed by atoms with van der Waals surface area (Å²) < 4.78 is 10.1. The fourth-order valence-corrected chi connectivity index (χ4v) is 3.97. The second-order valence-corrected chi connectivity index (χ2v) is 7.69. The molecular formula is C24H28N2O5. The zero-order chi connectivity index (χ0) is 22.3. The molecule has 0 radical (unpaired) electrons. The highest BCUT2D eigenvalue weighted by Crippen LogP contribution is 2.35. The van der Waals surface area contributed by atoms with E-state index in [-0.39, 0.29) is 18.5 Å². The number of ether oxygens (including phenoxy) is 2. The lowest BCUT2D eigenvalue weighted by Crippen LogP contribution is -2.52. The number of anilines is 1. The van der Waals surface area contributed by atoms with Crippen molar-refractivity contribution in [2.24, 2.45) is 5.41 Å². The molecule has 0 aromatic heterocycles. The zero-order valence-electron chi connectivity index (χ0n) is 17.9. The molecule has 1 N–H and O–H groups in total. The maximum Gasteiger partial charge on any atom is 0.337 e. The van der Waals surface area contributed by atoms with Crippen molar-refractivity contribution in [3.63, 3.8) is 0 Å². The van der Waals surface area contributed by atoms with E-state index in [0.717, 1.165) is 5.56 Å². The molecule has 0 aliphatic carbocycles. The third-order valence-electron chi connectivity index (χ3n) is 5.52. The minimum Gasteiger partial charge on any atom is -0.466 e. The van der Waals surface area contributed by atoms with E-state index in [0.29, 0.717) is 43.7 Å². The Hall–Kier alpha value is -3.35. The summed E-state index contributed by atoms with van der Waals surface area (Å²) in [5, 5.41) is 2.85. The van der Waals surface area contributed by atoms with E-state index in [9.17, 15) is 14.4 Å². The summed E-state index contributed by atoms with van der Waals surface area (Å²) in [5.41, 5.74) is 1.23. The van der Waals surface area contributed by atoms with Crippen molar-refractivity contribution in [3.8, 4) is 0 Å². The number of hydrogen-bond acceptors (Lipinski definition) is 5. The lowest BCUT2D eigenvalue weighted by molar-refractivity contribution is -0.158. The van der Waals surface area contributed by atoms with Crippen molar-refractivity contribution >= 4 is 23.7 Å². The van der Waals surface area contributed by atoms with Crippen LogP contribution in [0.3, 0.4) is 0 Å². The predicted octanol–water partition coefficient (Wildman–Crippen LogP) is 3.89. The second-order valence-electron chi connectivity index (χ2n) is 7.69. The van der Waals surface area contributed by atoms with Crippen molar-refractivity contribution in [2.45, 2.75) is 26.2 Å². The van der Waals surface area contributed by atoms with Crippen LogP contribution in [0.15, 0.2) is 54.6 Å². The summed E-state index contributed by atoms with van der Waals surface area (Å²) in [5.74, 6) is -0.701. The zero-order valence-corrected chi connectivity index (χ0v) is 17.9. The van der Waals surface area contributed by atoms with E-state index in [1.54, 1.807) is 36.1 Å². The SMILES string of the molecule is CCOC(=O)C1(Cc2ccccc2)CCCN(C(=O)Nc2ccc(C(=O)OC)cc2)C1. The largest absolute Gasteiger partial charge is 0.466 e. The van der Waals surface area contributed by atoms with Crippen molar-refractivity contribution in [1.82, 2.24) is 4.90 Å². The number of urea groups is 1. The first-order valence-electron chi connectivity index (χ1n) is 10.4. The molecule has 1 aliphatic heterocycles. The quantitative estimate of drug-likeness (QED) is 0.711. The van der Waals surface area contributed by atoms with E-state index < -0.39 is 11.4 Å². The van der Waals surface area contributed by atoms with Gasteiger partial charge in [-0.15, -0.1) is 0 Å². The number of amides is 2. The van der Waals surface area contributed by atoms with E-state index in [1.165, 1.54) is 7.11 Å². The van der Waals surface area contributed by atoms with Gasteiger partial charge in [0, 0.05) is 18.8 Å². The Labute approximate surface area is 182 Å². The third-order valence-corrected chi connectivity index (χ3v) is 5.52. The van der Waals surface area contributed by atoms with Crippen LogP contribution in [-0.4, -0.2) is 49.7 Å². The molecule has 1 atom stereocenters. The van der Waals surface area contributed by atoms with Crippen molar-refractivity contribution < 1.29 is 23.9 Å². The van der Waals surface area contributed by atoms with Gasteiger partial charge in [-0.05, 0) is 56.0 Å². The second kappa shape index (κ2) is 10.1. The maximum atomic E-state index is 13.0. The highest BCUT2D eigenvalue weighted by atomic mass is 16.5. The van der Waals surface area contributed by atoms with Gasteiger partial charge in [0.05, 0.1) is 24.7 Å². The van der Waals surface area contributed by atoms with Crippen LogP contribution >= 0.6 is 0 Å². The summed E-state index contributed by atoms with van der Waals surface area (Å²) in [6.45, 7) is 2.93. The van der Waals surface area contributed by atoms with E-state index >= 15 is 0 Å². The molecular weight excluding hydrogens is 396 g/mol. The fraction of sp³-hybridized carbons (Fsp3) is 0.375. The number of nitrogens with one attached hydrogen (secondary N) is 1. The normalized spacial score (nSPS) is 18.2. The summed E-state index contributed by atoms with van der Waals surface area (Å²) in [7, 11) is 1.32. The first-order valence-corrected chi connectivity index (χ1v) is 10.4. The van der Waals surface area contributed by atoms with Crippen LogP contribution in [0.2, 0.25) is 0 Å². The number of hydrogen-bond donors (Lipinski definition) is 1. The van der Waals surface area contributed by atoms with E-state index in [4.69, 9.17) is 4.74 Å². The van der Waals surface area contributed by atoms with Crippen molar-refractivity contribution in [3.05, 3.63) is 65.7 Å². The van der Waals surface area contributed by atoms with Gasteiger partial charge in [0.1, 0.15) is 0 Å². The molecule has 2 amide bonds. The standard InChI is InChI=1S/C24H28N2O5/c1-3-31-22(28)24(16-18-8-5-4-6-9-18)14-7-15-26(17-24)23(29)25-20-12-10-19(11-13-20)21(27)30-2/h4-6,8-13H,3,7,14-17H2,1-2H3,(H,25,29). The number of nitrogens with zero attached hydrogens (tertiary/aromatic N) is 1. The van der Waals surface area contributed by atoms with Crippen LogP contribution in [0.25, 0.3) is 0 Å². The molecule has 1 saturated heterocycles. The smallest absolute Gasteiger partial charge is 0.337 e. The minimum absolute atomic E-state index is 0.265. The lowest BCUT2D eigenvalue weighted by Gasteiger charge is -2.41. The maximum absolute atomic E-state index is 13.0. The first-order chi connectivity index (χ1) is 15.0. The van der Waals surface area contributed by atoms with Gasteiger partial charge in [-0.1, -0.05) is 30.3 Å². The lowest BCUT2D eigenvalue weighted by atomic mass is 9.75. The topological polar surface area (TPSA) is 84.9 Å². The summed E-state index contributed by atoms with van der Waals surface area (Å²) in [6, 6.07) is 16.0. The Morgan fingerprint density at radius 2 is 1.77 bits per heavy atom. The summed E-state index contributed by atoms with van der Waals surface area (Å²) >= 11 is 0. The number of piperidine rings is 1. The van der Waals surface area contributed by atoms with E-state index in [2.05, 4.69) is 10.1 Å². The first kappa shape index (κ1) is 22.3. The Kier molecular flexibility index (Phi) is 7.28. The molecule has 0 bridgehead atoms. The van der Waals surface area contributed by atoms with Crippen LogP contribution in [-0.2, 0) is 20.7 Å². The number of esters is 2. The fourth-order valence-electron chi connectivity index (χ4n) is 3.97. The highest BCUT2D eigenvalue weighted by molar-refractivity contribution is 5.92. The number of benzene rings is 2. The number of carbonyl (C=O) groups excluding carboxylic acids is 3. The molecule has 31 heavy (non-hydrogen) atoms. The molecule has 7 heteroatoms. The molecule has 0 spiro atoms. The van der Waals surface area contributed by atoms with Crippen LogP contribution in [0.4, 0.5) is 10.5 Å². The van der Waals surface area contributed by atoms with Crippen LogP contribution in [0, 0.1) is 5.41 Å². The predicted molar refractivity (Wildman–Crippen MR) is 117 cm³/mol. The summed E-state index contributed by atoms with van der Waals surface area (Å²) in [4.78, 5) is 39.1. The average Bonchev–Trinajstić information content (AvgIpc) is 2.80. The summed E-state index contributed by atoms with van der Waals surface area (Å²) in [6.07, 6.45) is 1.89. The molecule has 2 aromatic carbocycles. The molecule has 1 heterocycles. The van der Waals surface area contributed by atoms with Gasteiger partial charge in [-0.2, -0.15) is 0 Å². The number of likely N-dealkylation sites (tertiary alicyclic amines) is 1. The minimum atomic E-state index is -0.776. The van der Waals surface area contributed by atoms with Crippen molar-refractivity contribution in [2.75, 3.05) is 32.1 Å². The van der Waals surface area contributed by atoms with Crippen LogP contribution < -0.4 is 5.32 Å². The monoisotopic (exact) mass is 424 g/mol. The molecule has 7 nitrogen and oxygen atoms in total. The van der Waals surface area contributed by atoms with Gasteiger partial charge >= 0.3 is 18.0 Å². The van der Waals surface area contributed by atoms with Gasteiger partial charge in [0.15, 0.2) is 0 Å². The third kappa shape index (κ3) is 5.42. The van der Waals surface area contributed by atoms with Crippen molar-refractivity contribution in [1.29, 1.82) is 0 Å². The number of methoxy groups -OCH3 is 1. The molecule has 164 valence electrons. The van der Waals surface area contributed by atoms with Gasteiger partial charge < -0.3 is 19.7 Å². The highest BCUT2D eigenvalue weighted by Gasteiger charge is 2.44. The average molecular weight is 424 g/mol. The number of carbonyl (C=O) groups is 3. The number of rotatable bonds is 6. The molecule has 1 aliphatic rings. The molecule has 3 rings (SSSR count). The Morgan fingerprint density at radius 1 is 1.06 bits per heavy atom. The molecule has 1 fully saturated rings. The van der Waals surface area contributed by atoms with Gasteiger partial charge in [-0.3, -0.25) is 4.79 Å². The van der Waals surface area contributed by atoms with E-state index in [1.807, 2.05) is 30.3 Å². The Balaban J connectivity index is 1.74. The van der Waals surface area contributed by atoms with Crippen LogP contribution in [0.5, 0.6) is 0 Å². The van der Waals surface area contributed by atoms with Gasteiger partial charge in [-0.25, -0.2) is 9.59 Å². The van der Waals surface area contributed by atoms with Crippen LogP contribution in [0.1, 0.15) is 35.7 Å². The Bertz CT molecular complexity index is 913. The van der Waals surface area contributed by atoms with Gasteiger partial charge in [0.2, 0.25) is 0 Å². The molecule has 1 unspecified atom stereocenters. The molecule has 2 aromatic rings. The molecule has 0 saturated carbocycles. The Morgan fingerprint density at radius 3 is 2.42 bits per heavy atom. The van der Waals surface area contributed by atoms with Gasteiger partial charge in [0.25, 0.3) is 0 Å².